The summed E-state index contributed by atoms with van der Waals surface area (Å²) in [5, 5.41) is -0.0639. The van der Waals surface area contributed by atoms with Crippen molar-refractivity contribution in [2.45, 2.75) is 63.4 Å². The van der Waals surface area contributed by atoms with E-state index in [0.29, 0.717) is 6.29 Å². The summed E-state index contributed by atoms with van der Waals surface area (Å²) in [4.78, 5) is 37.1. The minimum absolute atomic E-state index is 0.0639. The van der Waals surface area contributed by atoms with Crippen LogP contribution in [-0.4, -0.2) is 49.6 Å². The smallest absolute Gasteiger partial charge is 0.330 e. The molecule has 1 saturated heterocycles. The number of methoxy groups -OCH3 is 1. The zero-order chi connectivity index (χ0) is 19.0. The van der Waals surface area contributed by atoms with Gasteiger partial charge in [-0.05, 0) is 18.1 Å². The summed E-state index contributed by atoms with van der Waals surface area (Å²) in [7, 11) is -0.724. The number of aromatic amines is 1. The summed E-state index contributed by atoms with van der Waals surface area (Å²) in [6, 6.07) is 1.22. The summed E-state index contributed by atoms with van der Waals surface area (Å²) >= 11 is 0. The van der Waals surface area contributed by atoms with E-state index >= 15 is 0 Å². The van der Waals surface area contributed by atoms with Crippen LogP contribution in [0, 0.1) is 0 Å². The molecule has 4 atom stereocenters. The van der Waals surface area contributed by atoms with Crippen molar-refractivity contribution in [2.75, 3.05) is 7.11 Å². The molecule has 0 saturated carbocycles. The molecule has 0 aliphatic carbocycles. The van der Waals surface area contributed by atoms with Crippen LogP contribution >= 0.6 is 0 Å². The molecule has 1 aliphatic rings. The molecule has 8 nitrogen and oxygen atoms in total. The number of hydrogen-bond donors (Lipinski definition) is 1. The summed E-state index contributed by atoms with van der Waals surface area (Å²) in [5.74, 6) is 0. The van der Waals surface area contributed by atoms with Crippen molar-refractivity contribution in [2.24, 2.45) is 0 Å². The summed E-state index contributed by atoms with van der Waals surface area (Å²) < 4.78 is 18.8. The van der Waals surface area contributed by atoms with Crippen molar-refractivity contribution < 1.29 is 18.7 Å². The number of nitrogens with one attached hydrogen (secondary N) is 1. The van der Waals surface area contributed by atoms with E-state index in [-0.39, 0.29) is 5.04 Å². The Labute approximate surface area is 147 Å². The number of ether oxygens (including phenoxy) is 2. The van der Waals surface area contributed by atoms with E-state index in [1.165, 1.54) is 23.9 Å². The van der Waals surface area contributed by atoms with Gasteiger partial charge < -0.3 is 18.7 Å². The van der Waals surface area contributed by atoms with Crippen LogP contribution in [0.4, 0.5) is 0 Å². The van der Waals surface area contributed by atoms with Crippen LogP contribution in [0.1, 0.15) is 27.0 Å². The first-order valence-electron chi connectivity index (χ1n) is 8.14. The van der Waals surface area contributed by atoms with Crippen LogP contribution in [0.25, 0.3) is 0 Å². The fourth-order valence-corrected chi connectivity index (χ4v) is 3.83. The summed E-state index contributed by atoms with van der Waals surface area (Å²) in [6.07, 6.45) is -1.02. The van der Waals surface area contributed by atoms with Crippen LogP contribution in [0.15, 0.2) is 21.9 Å². The molecule has 2 rings (SSSR count). The predicted molar refractivity (Wildman–Crippen MR) is 94.2 cm³/mol. The van der Waals surface area contributed by atoms with E-state index < -0.39 is 44.1 Å². The number of aromatic nitrogens is 2. The molecular weight excluding hydrogens is 344 g/mol. The number of carbonyl (C=O) groups excluding carboxylic acids is 1. The number of carbonyl (C=O) groups is 1. The second kappa shape index (κ2) is 6.98. The van der Waals surface area contributed by atoms with Crippen molar-refractivity contribution in [1.29, 1.82) is 0 Å². The molecule has 140 valence electrons. The highest BCUT2D eigenvalue weighted by Crippen LogP contribution is 2.41. The Bertz CT molecular complexity index is 735. The molecule has 0 amide bonds. The Morgan fingerprint density at radius 2 is 1.92 bits per heavy atom. The molecular formula is C16H26N2O6Si. The average molecular weight is 370 g/mol. The Hall–Kier alpha value is -1.55. The molecule has 0 unspecified atom stereocenters. The van der Waals surface area contributed by atoms with E-state index in [1.807, 2.05) is 0 Å². The average Bonchev–Trinajstić information content (AvgIpc) is 2.82. The van der Waals surface area contributed by atoms with E-state index in [2.05, 4.69) is 38.8 Å². The molecule has 1 aromatic heterocycles. The molecule has 1 fully saturated rings. The van der Waals surface area contributed by atoms with E-state index in [0.717, 1.165) is 0 Å². The van der Waals surface area contributed by atoms with E-state index in [1.54, 1.807) is 0 Å². The number of rotatable bonds is 5. The van der Waals surface area contributed by atoms with Crippen molar-refractivity contribution >= 4 is 14.6 Å². The highest BCUT2D eigenvalue weighted by Gasteiger charge is 2.51. The highest BCUT2D eigenvalue weighted by molar-refractivity contribution is 6.74. The lowest BCUT2D eigenvalue weighted by Crippen LogP contribution is -2.50. The number of H-pyrrole nitrogens is 1. The third kappa shape index (κ3) is 3.84. The van der Waals surface area contributed by atoms with Gasteiger partial charge in [0.2, 0.25) is 0 Å². The lowest BCUT2D eigenvalue weighted by Gasteiger charge is -2.39. The number of aldehydes is 1. The van der Waals surface area contributed by atoms with Crippen molar-refractivity contribution in [3.05, 3.63) is 33.1 Å². The van der Waals surface area contributed by atoms with Gasteiger partial charge in [-0.3, -0.25) is 14.3 Å². The monoisotopic (exact) mass is 370 g/mol. The van der Waals surface area contributed by atoms with Crippen molar-refractivity contribution in [3.63, 3.8) is 0 Å². The molecule has 2 heterocycles. The largest absolute Gasteiger partial charge is 0.408 e. The Balaban J connectivity index is 2.39. The first-order chi connectivity index (χ1) is 11.5. The third-order valence-corrected chi connectivity index (χ3v) is 9.47. The minimum atomic E-state index is -2.20. The van der Waals surface area contributed by atoms with Gasteiger partial charge in [0.15, 0.2) is 20.8 Å². The van der Waals surface area contributed by atoms with Gasteiger partial charge in [-0.25, -0.2) is 4.79 Å². The Morgan fingerprint density at radius 1 is 1.28 bits per heavy atom. The van der Waals surface area contributed by atoms with Crippen LogP contribution in [0.3, 0.4) is 0 Å². The van der Waals surface area contributed by atoms with Crippen LogP contribution in [0.2, 0.25) is 18.1 Å². The first kappa shape index (κ1) is 19.8. The number of nitrogens with zero attached hydrogens (tertiary/aromatic N) is 1. The standard InChI is InChI=1S/C16H26N2O6Si/c1-16(2,3)25(5,6)24-12-10(9-19)23-14(13(12)22-4)18-8-7-11(20)17-15(18)21/h7-10,12-14H,1-6H3,(H,17,20,21)/t10-,12-,13-,14-/m1/s1. The highest BCUT2D eigenvalue weighted by atomic mass is 28.4. The summed E-state index contributed by atoms with van der Waals surface area (Å²) in [6.45, 7) is 10.4. The van der Waals surface area contributed by atoms with Gasteiger partial charge in [-0.15, -0.1) is 0 Å². The van der Waals surface area contributed by atoms with Gasteiger partial charge in [0.05, 0.1) is 0 Å². The minimum Gasteiger partial charge on any atom is -0.408 e. The molecule has 1 aromatic rings. The Morgan fingerprint density at radius 3 is 2.40 bits per heavy atom. The Kier molecular flexibility index (Phi) is 5.52. The normalized spacial score (nSPS) is 27.4. The second-order valence-electron chi connectivity index (χ2n) is 7.69. The fourth-order valence-electron chi connectivity index (χ4n) is 2.53. The molecule has 25 heavy (non-hydrogen) atoms. The predicted octanol–water partition coefficient (Wildman–Crippen LogP) is 1.04. The maximum absolute atomic E-state index is 12.1. The SMILES string of the molecule is CO[C@@H]1[C@H](O[Si](C)(C)C(C)(C)C)[C@@H](C=O)O[C@H]1n1ccc(=O)[nH]c1=O. The van der Waals surface area contributed by atoms with Crippen molar-refractivity contribution in [3.8, 4) is 0 Å². The van der Waals surface area contributed by atoms with Crippen LogP contribution in [-0.2, 0) is 18.7 Å². The first-order valence-corrected chi connectivity index (χ1v) is 11.1. The maximum atomic E-state index is 12.1. The van der Waals surface area contributed by atoms with Gasteiger partial charge >= 0.3 is 5.69 Å². The lowest BCUT2D eigenvalue weighted by atomic mass is 10.1. The quantitative estimate of drug-likeness (QED) is 0.614. The topological polar surface area (TPSA) is 99.6 Å². The maximum Gasteiger partial charge on any atom is 0.330 e. The molecule has 0 aromatic carbocycles. The zero-order valence-corrected chi connectivity index (χ0v) is 16.4. The van der Waals surface area contributed by atoms with E-state index in [4.69, 9.17) is 13.9 Å². The van der Waals surface area contributed by atoms with E-state index in [9.17, 15) is 14.4 Å². The van der Waals surface area contributed by atoms with Gasteiger partial charge in [0.25, 0.3) is 5.56 Å². The van der Waals surface area contributed by atoms with Gasteiger partial charge in [-0.1, -0.05) is 20.8 Å². The van der Waals surface area contributed by atoms with Crippen LogP contribution in [0.5, 0.6) is 0 Å². The molecule has 0 radical (unpaired) electrons. The van der Waals surface area contributed by atoms with Crippen LogP contribution < -0.4 is 11.2 Å². The summed E-state index contributed by atoms with van der Waals surface area (Å²) in [5.41, 5.74) is -1.13. The lowest BCUT2D eigenvalue weighted by molar-refractivity contribution is -0.122. The number of hydrogen-bond acceptors (Lipinski definition) is 6. The molecule has 1 N–H and O–H groups in total. The van der Waals surface area contributed by atoms with Gasteiger partial charge in [0, 0.05) is 19.4 Å². The molecule has 0 spiro atoms. The fraction of sp³-hybridized carbons (Fsp3) is 0.688. The molecule has 9 heteroatoms. The molecule has 0 bridgehead atoms. The second-order valence-corrected chi connectivity index (χ2v) is 12.4. The van der Waals surface area contributed by atoms with Gasteiger partial charge in [-0.2, -0.15) is 0 Å². The third-order valence-electron chi connectivity index (χ3n) is 4.99. The van der Waals surface area contributed by atoms with Crippen molar-refractivity contribution in [1.82, 2.24) is 9.55 Å². The van der Waals surface area contributed by atoms with Gasteiger partial charge in [0.1, 0.15) is 18.3 Å². The zero-order valence-electron chi connectivity index (χ0n) is 15.4. The molecule has 1 aliphatic heterocycles.